The zero-order valence-corrected chi connectivity index (χ0v) is 14.4. The third-order valence-electron chi connectivity index (χ3n) is 4.36. The maximum Gasteiger partial charge on any atom is 0.272 e. The Labute approximate surface area is 151 Å². The Balaban J connectivity index is 1.62. The Morgan fingerprint density at radius 1 is 1.19 bits per heavy atom. The first-order chi connectivity index (χ1) is 12.6. The van der Waals surface area contributed by atoms with Crippen molar-refractivity contribution in [1.82, 2.24) is 20.2 Å². The first-order valence-corrected chi connectivity index (χ1v) is 8.42. The smallest absolute Gasteiger partial charge is 0.272 e. The van der Waals surface area contributed by atoms with Gasteiger partial charge in [0.15, 0.2) is 0 Å². The minimum absolute atomic E-state index is 0.145. The van der Waals surface area contributed by atoms with Crippen LogP contribution >= 0.6 is 0 Å². The fraction of sp³-hybridized carbons (Fsp3) is 0.333. The number of carbonyl (C=O) groups is 2. The lowest BCUT2D eigenvalue weighted by Crippen LogP contribution is -2.55. The van der Waals surface area contributed by atoms with Gasteiger partial charge in [0.1, 0.15) is 11.5 Å². The number of pyridine rings is 2. The van der Waals surface area contributed by atoms with Gasteiger partial charge in [-0.25, -0.2) is 4.98 Å². The summed E-state index contributed by atoms with van der Waals surface area (Å²) >= 11 is 0. The molecular weight excluding hydrogens is 334 g/mol. The number of carbonyl (C=O) groups excluding carboxylic acids is 2. The van der Waals surface area contributed by atoms with Gasteiger partial charge in [-0.3, -0.25) is 14.6 Å². The van der Waals surface area contributed by atoms with E-state index in [1.54, 1.807) is 54.7 Å². The minimum atomic E-state index is -0.852. The predicted octanol–water partition coefficient (Wildman–Crippen LogP) is 0.524. The number of hydrogen-bond acceptors (Lipinski definition) is 6. The maximum atomic E-state index is 12.5. The molecule has 1 fully saturated rings. The van der Waals surface area contributed by atoms with Crippen LogP contribution in [0.4, 0.5) is 5.82 Å². The van der Waals surface area contributed by atoms with Crippen molar-refractivity contribution >= 4 is 17.6 Å². The lowest BCUT2D eigenvalue weighted by atomic mass is 10.0. The molecule has 2 atom stereocenters. The molecule has 3 N–H and O–H groups in total. The van der Waals surface area contributed by atoms with E-state index < -0.39 is 12.1 Å². The van der Waals surface area contributed by atoms with Crippen molar-refractivity contribution in [2.24, 2.45) is 0 Å². The van der Waals surface area contributed by atoms with E-state index >= 15 is 0 Å². The van der Waals surface area contributed by atoms with E-state index in [-0.39, 0.29) is 18.4 Å². The van der Waals surface area contributed by atoms with Gasteiger partial charge < -0.3 is 20.6 Å². The van der Waals surface area contributed by atoms with Crippen LogP contribution in [0.15, 0.2) is 42.7 Å². The van der Waals surface area contributed by atoms with Gasteiger partial charge in [-0.05, 0) is 30.7 Å². The second-order valence-corrected chi connectivity index (χ2v) is 6.05. The van der Waals surface area contributed by atoms with Gasteiger partial charge in [-0.2, -0.15) is 0 Å². The molecule has 0 aromatic carbocycles. The number of anilines is 1. The number of aliphatic hydroxyl groups excluding tert-OH is 1. The number of β-amino-alcohol motifs (C(OH)–C–C–N with tert-alkyl or cyclic N) is 1. The van der Waals surface area contributed by atoms with Gasteiger partial charge in [-0.1, -0.05) is 6.07 Å². The zero-order chi connectivity index (χ0) is 18.5. The number of rotatable bonds is 4. The van der Waals surface area contributed by atoms with Crippen LogP contribution in [0.5, 0.6) is 0 Å². The second-order valence-electron chi connectivity index (χ2n) is 6.05. The number of nitrogens with one attached hydrogen (secondary N) is 2. The molecule has 0 spiro atoms. The Hall–Kier alpha value is -3.00. The number of nitrogens with zero attached hydrogens (tertiary/aromatic N) is 3. The average Bonchev–Trinajstić information content (AvgIpc) is 2.69. The fourth-order valence-electron chi connectivity index (χ4n) is 2.97. The van der Waals surface area contributed by atoms with Crippen LogP contribution in [0.1, 0.15) is 27.3 Å². The van der Waals surface area contributed by atoms with Crippen LogP contribution in [0.3, 0.4) is 0 Å². The molecule has 0 radical (unpaired) electrons. The molecule has 1 aliphatic rings. The molecule has 2 amide bonds. The Morgan fingerprint density at radius 2 is 2.00 bits per heavy atom. The summed E-state index contributed by atoms with van der Waals surface area (Å²) in [6.07, 6.45) is 2.76. The summed E-state index contributed by atoms with van der Waals surface area (Å²) in [5.41, 5.74) is 0.755. The molecule has 0 unspecified atom stereocenters. The molecule has 1 saturated heterocycles. The molecule has 8 nitrogen and oxygen atoms in total. The molecular formula is C18H21N5O3. The first kappa shape index (κ1) is 17.8. The number of amides is 2. The highest BCUT2D eigenvalue weighted by Crippen LogP contribution is 2.16. The van der Waals surface area contributed by atoms with Gasteiger partial charge >= 0.3 is 0 Å². The van der Waals surface area contributed by atoms with Gasteiger partial charge in [0, 0.05) is 32.5 Å². The molecule has 2 aromatic heterocycles. The fourth-order valence-corrected chi connectivity index (χ4v) is 2.97. The predicted molar refractivity (Wildman–Crippen MR) is 95.8 cm³/mol. The van der Waals surface area contributed by atoms with E-state index in [1.165, 1.54) is 0 Å². The van der Waals surface area contributed by atoms with E-state index in [9.17, 15) is 14.7 Å². The summed E-state index contributed by atoms with van der Waals surface area (Å²) in [6, 6.07) is 8.05. The van der Waals surface area contributed by atoms with Crippen molar-refractivity contribution in [3.63, 3.8) is 0 Å². The second kappa shape index (κ2) is 7.92. The molecule has 0 saturated carbocycles. The first-order valence-electron chi connectivity index (χ1n) is 8.42. The van der Waals surface area contributed by atoms with Crippen LogP contribution in [-0.2, 0) is 0 Å². The standard InChI is InChI=1S/C18H21N5O3/c1-19-16-12(5-4-9-21-16)17(25)22-13-7-10-23(11-15(13)24)18(26)14-6-2-3-8-20-14/h2-6,8-9,13,15,24H,7,10-11H2,1H3,(H,19,21)(H,22,25)/t13-,15-/m1/s1. The summed E-state index contributed by atoms with van der Waals surface area (Å²) < 4.78 is 0. The topological polar surface area (TPSA) is 107 Å². The van der Waals surface area contributed by atoms with Crippen molar-refractivity contribution in [2.45, 2.75) is 18.6 Å². The van der Waals surface area contributed by atoms with E-state index in [4.69, 9.17) is 0 Å². The monoisotopic (exact) mass is 355 g/mol. The number of piperidine rings is 1. The van der Waals surface area contributed by atoms with Gasteiger partial charge in [-0.15, -0.1) is 0 Å². The van der Waals surface area contributed by atoms with Crippen molar-refractivity contribution in [3.8, 4) is 0 Å². The number of likely N-dealkylation sites (tertiary alicyclic amines) is 1. The molecule has 2 aromatic rings. The van der Waals surface area contributed by atoms with Crippen LogP contribution in [-0.4, -0.2) is 64.1 Å². The highest BCUT2D eigenvalue weighted by molar-refractivity contribution is 5.99. The normalized spacial score (nSPS) is 19.7. The number of hydrogen-bond donors (Lipinski definition) is 3. The summed E-state index contributed by atoms with van der Waals surface area (Å²) in [5.74, 6) is -0.0580. The van der Waals surface area contributed by atoms with Crippen LogP contribution in [0.2, 0.25) is 0 Å². The number of aliphatic hydroxyl groups is 1. The summed E-state index contributed by atoms with van der Waals surface area (Å²) in [7, 11) is 1.69. The molecule has 8 heteroatoms. The van der Waals surface area contributed by atoms with Crippen molar-refractivity contribution in [3.05, 3.63) is 54.0 Å². The van der Waals surface area contributed by atoms with E-state index in [2.05, 4.69) is 20.6 Å². The van der Waals surface area contributed by atoms with Gasteiger partial charge in [0.05, 0.1) is 17.7 Å². The van der Waals surface area contributed by atoms with Crippen LogP contribution in [0.25, 0.3) is 0 Å². The van der Waals surface area contributed by atoms with E-state index in [0.717, 1.165) is 0 Å². The van der Waals surface area contributed by atoms with Crippen molar-refractivity contribution in [1.29, 1.82) is 0 Å². The lowest BCUT2D eigenvalue weighted by Gasteiger charge is -2.36. The summed E-state index contributed by atoms with van der Waals surface area (Å²) in [5, 5.41) is 16.1. The molecule has 26 heavy (non-hydrogen) atoms. The molecule has 1 aliphatic heterocycles. The van der Waals surface area contributed by atoms with E-state index in [0.29, 0.717) is 30.0 Å². The minimum Gasteiger partial charge on any atom is -0.389 e. The van der Waals surface area contributed by atoms with Crippen LogP contribution in [0, 0.1) is 0 Å². The van der Waals surface area contributed by atoms with Gasteiger partial charge in [0.25, 0.3) is 11.8 Å². The molecule has 0 bridgehead atoms. The molecule has 136 valence electrons. The van der Waals surface area contributed by atoms with E-state index in [1.807, 2.05) is 0 Å². The largest absolute Gasteiger partial charge is 0.389 e. The maximum absolute atomic E-state index is 12.5. The molecule has 0 aliphatic carbocycles. The highest BCUT2D eigenvalue weighted by Gasteiger charge is 2.32. The Kier molecular flexibility index (Phi) is 5.43. The number of aromatic nitrogens is 2. The molecule has 3 heterocycles. The Bertz CT molecular complexity index is 783. The van der Waals surface area contributed by atoms with Crippen molar-refractivity contribution < 1.29 is 14.7 Å². The average molecular weight is 355 g/mol. The SMILES string of the molecule is CNc1ncccc1C(=O)N[C@@H]1CCN(C(=O)c2ccccn2)C[C@H]1O. The summed E-state index contributed by atoms with van der Waals surface area (Å²) in [6.45, 7) is 0.579. The Morgan fingerprint density at radius 3 is 2.69 bits per heavy atom. The quantitative estimate of drug-likeness (QED) is 0.738. The van der Waals surface area contributed by atoms with Crippen molar-refractivity contribution in [2.75, 3.05) is 25.5 Å². The third kappa shape index (κ3) is 3.80. The third-order valence-corrected chi connectivity index (χ3v) is 4.36. The molecule has 3 rings (SSSR count). The lowest BCUT2D eigenvalue weighted by molar-refractivity contribution is 0.0311. The summed E-state index contributed by atoms with van der Waals surface area (Å²) in [4.78, 5) is 34.6. The van der Waals surface area contributed by atoms with Crippen LogP contribution < -0.4 is 10.6 Å². The zero-order valence-electron chi connectivity index (χ0n) is 14.4. The highest BCUT2D eigenvalue weighted by atomic mass is 16.3. The van der Waals surface area contributed by atoms with Gasteiger partial charge in [0.2, 0.25) is 0 Å².